The monoisotopic (exact) mass is 408 g/mol. The van der Waals surface area contributed by atoms with Crippen LogP contribution in [-0.4, -0.2) is 49.9 Å². The molecule has 1 aliphatic heterocycles. The molecule has 8 heteroatoms. The van der Waals surface area contributed by atoms with Crippen molar-refractivity contribution in [2.75, 3.05) is 18.4 Å². The minimum absolute atomic E-state index is 0.105. The second-order valence-electron chi connectivity index (χ2n) is 7.02. The molecule has 1 unspecified atom stereocenters. The molecule has 4 heterocycles. The average molecular weight is 409 g/mol. The Morgan fingerprint density at radius 1 is 1.14 bits per heavy atom. The number of hydrogen-bond donors (Lipinski definition) is 1. The van der Waals surface area contributed by atoms with Gasteiger partial charge in [-0.1, -0.05) is 11.6 Å². The number of aryl methyl sites for hydroxylation is 1. The summed E-state index contributed by atoms with van der Waals surface area (Å²) in [5.41, 5.74) is 2.00. The summed E-state index contributed by atoms with van der Waals surface area (Å²) in [5, 5.41) is 3.99. The van der Waals surface area contributed by atoms with Crippen molar-refractivity contribution in [3.8, 4) is 11.4 Å². The van der Waals surface area contributed by atoms with Crippen molar-refractivity contribution in [1.82, 2.24) is 24.8 Å². The predicted molar refractivity (Wildman–Crippen MR) is 112 cm³/mol. The maximum atomic E-state index is 13.3. The molecule has 0 bridgehead atoms. The van der Waals surface area contributed by atoms with Gasteiger partial charge in [0.2, 0.25) is 0 Å². The van der Waals surface area contributed by atoms with Crippen LogP contribution in [0.25, 0.3) is 11.4 Å². The van der Waals surface area contributed by atoms with Gasteiger partial charge in [-0.05, 0) is 49.6 Å². The third-order valence-corrected chi connectivity index (χ3v) is 5.16. The Bertz CT molecular complexity index is 996. The van der Waals surface area contributed by atoms with Crippen molar-refractivity contribution in [3.05, 3.63) is 65.3 Å². The number of aromatic nitrogens is 4. The Morgan fingerprint density at radius 3 is 2.72 bits per heavy atom. The van der Waals surface area contributed by atoms with E-state index in [0.717, 1.165) is 24.2 Å². The number of carbonyl (C=O) groups is 1. The summed E-state index contributed by atoms with van der Waals surface area (Å²) in [6.07, 6.45) is 8.47. The first kappa shape index (κ1) is 19.3. The van der Waals surface area contributed by atoms with Crippen LogP contribution in [0.5, 0.6) is 0 Å². The molecule has 1 fully saturated rings. The van der Waals surface area contributed by atoms with Gasteiger partial charge in [-0.15, -0.1) is 0 Å². The maximum absolute atomic E-state index is 13.3. The van der Waals surface area contributed by atoms with Crippen LogP contribution in [0.4, 0.5) is 5.82 Å². The van der Waals surface area contributed by atoms with E-state index in [-0.39, 0.29) is 11.9 Å². The van der Waals surface area contributed by atoms with Crippen LogP contribution in [-0.2, 0) is 0 Å². The van der Waals surface area contributed by atoms with Crippen molar-refractivity contribution in [1.29, 1.82) is 0 Å². The van der Waals surface area contributed by atoms with Crippen molar-refractivity contribution < 1.29 is 4.79 Å². The van der Waals surface area contributed by atoms with E-state index in [4.69, 9.17) is 11.6 Å². The summed E-state index contributed by atoms with van der Waals surface area (Å²) in [7, 11) is 0. The lowest BCUT2D eigenvalue weighted by Gasteiger charge is -2.33. The zero-order valence-electron chi connectivity index (χ0n) is 16.0. The molecule has 7 nitrogen and oxygen atoms in total. The molecule has 0 saturated carbocycles. The first-order valence-electron chi connectivity index (χ1n) is 9.52. The van der Waals surface area contributed by atoms with E-state index < -0.39 is 0 Å². The third kappa shape index (κ3) is 4.35. The number of hydrogen-bond acceptors (Lipinski definition) is 6. The lowest BCUT2D eigenvalue weighted by Crippen LogP contribution is -2.45. The van der Waals surface area contributed by atoms with E-state index in [0.29, 0.717) is 35.2 Å². The normalized spacial score (nSPS) is 16.5. The van der Waals surface area contributed by atoms with Gasteiger partial charge in [0.25, 0.3) is 5.91 Å². The fourth-order valence-electron chi connectivity index (χ4n) is 3.53. The van der Waals surface area contributed by atoms with Gasteiger partial charge >= 0.3 is 0 Å². The van der Waals surface area contributed by atoms with E-state index in [1.54, 1.807) is 36.9 Å². The second kappa shape index (κ2) is 8.53. The molecule has 0 aliphatic carbocycles. The molecular weight excluding hydrogens is 388 g/mol. The molecule has 1 amide bonds. The van der Waals surface area contributed by atoms with Gasteiger partial charge in [0.15, 0.2) is 5.82 Å². The summed E-state index contributed by atoms with van der Waals surface area (Å²) in [6, 6.07) is 7.38. The molecule has 0 spiro atoms. The SMILES string of the molecule is Cc1ccnc(C(=O)N2CCCC(Nc3ccc(Cl)cn3)C2)c1-c1ncccn1. The molecule has 148 valence electrons. The van der Waals surface area contributed by atoms with Gasteiger partial charge in [0.05, 0.1) is 10.6 Å². The van der Waals surface area contributed by atoms with Crippen molar-refractivity contribution in [3.63, 3.8) is 0 Å². The first-order chi connectivity index (χ1) is 14.1. The highest BCUT2D eigenvalue weighted by Gasteiger charge is 2.28. The fourth-order valence-corrected chi connectivity index (χ4v) is 3.64. The topological polar surface area (TPSA) is 83.9 Å². The maximum Gasteiger partial charge on any atom is 0.273 e. The van der Waals surface area contributed by atoms with Crippen LogP contribution in [0, 0.1) is 6.92 Å². The summed E-state index contributed by atoms with van der Waals surface area (Å²) in [4.78, 5) is 32.5. The molecule has 0 radical (unpaired) electrons. The quantitative estimate of drug-likeness (QED) is 0.709. The first-order valence-corrected chi connectivity index (χ1v) is 9.90. The number of piperidine rings is 1. The summed E-state index contributed by atoms with van der Waals surface area (Å²) in [6.45, 7) is 3.21. The molecule has 3 aromatic heterocycles. The minimum atomic E-state index is -0.105. The lowest BCUT2D eigenvalue weighted by atomic mass is 10.0. The van der Waals surface area contributed by atoms with Crippen LogP contribution >= 0.6 is 11.6 Å². The number of rotatable bonds is 4. The predicted octanol–water partition coefficient (Wildman–Crippen LogP) is 3.61. The largest absolute Gasteiger partial charge is 0.366 e. The molecule has 1 N–H and O–H groups in total. The number of nitrogens with zero attached hydrogens (tertiary/aromatic N) is 5. The Kier molecular flexibility index (Phi) is 5.67. The smallest absolute Gasteiger partial charge is 0.273 e. The number of nitrogens with one attached hydrogen (secondary N) is 1. The number of anilines is 1. The third-order valence-electron chi connectivity index (χ3n) is 4.94. The van der Waals surface area contributed by atoms with Crippen molar-refractivity contribution in [2.24, 2.45) is 0 Å². The average Bonchev–Trinajstić information content (AvgIpc) is 2.75. The zero-order valence-corrected chi connectivity index (χ0v) is 16.8. The molecule has 1 atom stereocenters. The Labute approximate surface area is 174 Å². The van der Waals surface area contributed by atoms with Crippen LogP contribution in [0.15, 0.2) is 49.1 Å². The Morgan fingerprint density at radius 2 is 1.97 bits per heavy atom. The van der Waals surface area contributed by atoms with Gasteiger partial charge in [0.1, 0.15) is 11.5 Å². The molecule has 1 aliphatic rings. The Balaban J connectivity index is 1.55. The lowest BCUT2D eigenvalue weighted by molar-refractivity contribution is 0.0709. The standard InChI is InChI=1S/C21H21ClN6O/c1-14-7-10-23-19(18(14)20-24-8-3-9-25-20)21(29)28-11-2-4-16(13-28)27-17-6-5-15(22)12-26-17/h3,5-10,12,16H,2,4,11,13H2,1H3,(H,26,27). The number of carbonyl (C=O) groups excluding carboxylic acids is 1. The summed E-state index contributed by atoms with van der Waals surface area (Å²) >= 11 is 5.90. The van der Waals surface area contributed by atoms with Crippen LogP contribution in [0.2, 0.25) is 5.02 Å². The zero-order chi connectivity index (χ0) is 20.2. The molecule has 3 aromatic rings. The number of amides is 1. The van der Waals surface area contributed by atoms with E-state index in [1.165, 1.54) is 0 Å². The molecular formula is C21H21ClN6O. The highest BCUT2D eigenvalue weighted by Crippen LogP contribution is 2.25. The van der Waals surface area contributed by atoms with Gasteiger partial charge in [-0.3, -0.25) is 9.78 Å². The van der Waals surface area contributed by atoms with Gasteiger partial charge in [0, 0.05) is 43.9 Å². The molecule has 1 saturated heterocycles. The van der Waals surface area contributed by atoms with E-state index in [9.17, 15) is 4.79 Å². The molecule has 0 aromatic carbocycles. The second-order valence-corrected chi connectivity index (χ2v) is 7.46. The minimum Gasteiger partial charge on any atom is -0.366 e. The highest BCUT2D eigenvalue weighted by molar-refractivity contribution is 6.30. The van der Waals surface area contributed by atoms with Crippen molar-refractivity contribution in [2.45, 2.75) is 25.8 Å². The van der Waals surface area contributed by atoms with Crippen LogP contribution < -0.4 is 5.32 Å². The summed E-state index contributed by atoms with van der Waals surface area (Å²) in [5.74, 6) is 1.16. The van der Waals surface area contributed by atoms with Gasteiger partial charge in [-0.25, -0.2) is 15.0 Å². The van der Waals surface area contributed by atoms with E-state index >= 15 is 0 Å². The fraction of sp³-hybridized carbons (Fsp3) is 0.286. The number of likely N-dealkylation sites (tertiary alicyclic amines) is 1. The Hall–Kier alpha value is -3.06. The van der Waals surface area contributed by atoms with Crippen LogP contribution in [0.1, 0.15) is 28.9 Å². The molecule has 29 heavy (non-hydrogen) atoms. The molecule has 4 rings (SSSR count). The van der Waals surface area contributed by atoms with Crippen LogP contribution in [0.3, 0.4) is 0 Å². The number of halogens is 1. The summed E-state index contributed by atoms with van der Waals surface area (Å²) < 4.78 is 0. The van der Waals surface area contributed by atoms with Crippen molar-refractivity contribution >= 4 is 23.3 Å². The van der Waals surface area contributed by atoms with E-state index in [1.807, 2.05) is 24.0 Å². The highest BCUT2D eigenvalue weighted by atomic mass is 35.5. The number of pyridine rings is 2. The van der Waals surface area contributed by atoms with Gasteiger partial charge in [-0.2, -0.15) is 0 Å². The van der Waals surface area contributed by atoms with Gasteiger partial charge < -0.3 is 10.2 Å². The van der Waals surface area contributed by atoms with E-state index in [2.05, 4.69) is 25.3 Å².